The minimum absolute atomic E-state index is 0.189. The van der Waals surface area contributed by atoms with Gasteiger partial charge in [-0.05, 0) is 30.2 Å². The molecule has 2 N–H and O–H groups in total. The predicted molar refractivity (Wildman–Crippen MR) is 58.1 cm³/mol. The highest BCUT2D eigenvalue weighted by Crippen LogP contribution is 2.25. The molecule has 1 aliphatic heterocycles. The van der Waals surface area contributed by atoms with Crippen molar-refractivity contribution in [2.24, 2.45) is 0 Å². The molecule has 0 saturated carbocycles. The van der Waals surface area contributed by atoms with Gasteiger partial charge < -0.3 is 10.3 Å². The van der Waals surface area contributed by atoms with Crippen molar-refractivity contribution in [3.63, 3.8) is 0 Å². The summed E-state index contributed by atoms with van der Waals surface area (Å²) in [5.41, 5.74) is 1.13. The van der Waals surface area contributed by atoms with Crippen LogP contribution in [-0.4, -0.2) is 21.9 Å². The van der Waals surface area contributed by atoms with Gasteiger partial charge in [0.1, 0.15) is 0 Å². The van der Waals surface area contributed by atoms with Gasteiger partial charge in [0, 0.05) is 18.9 Å². The predicted octanol–water partition coefficient (Wildman–Crippen LogP) is 1.53. The summed E-state index contributed by atoms with van der Waals surface area (Å²) in [6, 6.07) is 1.97. The highest BCUT2D eigenvalue weighted by atomic mass is 32.2. The van der Waals surface area contributed by atoms with Crippen LogP contribution in [0.25, 0.3) is 0 Å². The maximum absolute atomic E-state index is 11.6. The lowest BCUT2D eigenvalue weighted by atomic mass is 10.2. The van der Waals surface area contributed by atoms with Crippen molar-refractivity contribution in [2.45, 2.75) is 24.6 Å². The Labute approximate surface area is 87.7 Å². The number of aromatic amines is 1. The van der Waals surface area contributed by atoms with Crippen molar-refractivity contribution >= 4 is 17.7 Å². The van der Waals surface area contributed by atoms with E-state index in [0.29, 0.717) is 6.54 Å². The molecule has 2 heterocycles. The highest BCUT2D eigenvalue weighted by molar-refractivity contribution is 8.00. The van der Waals surface area contributed by atoms with Crippen molar-refractivity contribution in [1.82, 2.24) is 10.3 Å². The number of amides is 1. The lowest BCUT2D eigenvalue weighted by Crippen LogP contribution is -2.30. The number of aromatic nitrogens is 1. The Bertz CT molecular complexity index is 291. The molecule has 1 saturated heterocycles. The van der Waals surface area contributed by atoms with E-state index in [0.717, 1.165) is 17.7 Å². The number of hydrogen-bond donors (Lipinski definition) is 2. The fourth-order valence-corrected chi connectivity index (χ4v) is 2.74. The van der Waals surface area contributed by atoms with Gasteiger partial charge in [-0.2, -0.15) is 0 Å². The molecule has 0 bridgehead atoms. The van der Waals surface area contributed by atoms with Gasteiger partial charge in [0.25, 0.3) is 0 Å². The average molecular weight is 210 g/mol. The standard InChI is InChI=1S/C10H14N2OS/c13-10(9-2-1-5-14-9)12-7-8-3-4-11-6-8/h3-4,6,9,11H,1-2,5,7H2,(H,12,13). The topological polar surface area (TPSA) is 44.9 Å². The summed E-state index contributed by atoms with van der Waals surface area (Å²) in [6.45, 7) is 0.638. The Kier molecular flexibility index (Phi) is 3.14. The van der Waals surface area contributed by atoms with E-state index in [1.165, 1.54) is 6.42 Å². The first-order valence-electron chi connectivity index (χ1n) is 4.87. The Morgan fingerprint density at radius 2 is 2.64 bits per heavy atom. The van der Waals surface area contributed by atoms with Gasteiger partial charge in [-0.3, -0.25) is 4.79 Å². The average Bonchev–Trinajstić information content (AvgIpc) is 2.87. The number of rotatable bonds is 3. The molecule has 0 spiro atoms. The zero-order chi connectivity index (χ0) is 9.80. The summed E-state index contributed by atoms with van der Waals surface area (Å²) in [5, 5.41) is 3.14. The molecule has 76 valence electrons. The number of nitrogens with one attached hydrogen (secondary N) is 2. The van der Waals surface area contributed by atoms with E-state index < -0.39 is 0 Å². The van der Waals surface area contributed by atoms with Crippen LogP contribution in [0.2, 0.25) is 0 Å². The van der Waals surface area contributed by atoms with Gasteiger partial charge >= 0.3 is 0 Å². The second kappa shape index (κ2) is 4.55. The molecule has 3 nitrogen and oxygen atoms in total. The fraction of sp³-hybridized carbons (Fsp3) is 0.500. The van der Waals surface area contributed by atoms with E-state index in [1.54, 1.807) is 11.8 Å². The molecule has 1 aliphatic rings. The number of hydrogen-bond acceptors (Lipinski definition) is 2. The minimum Gasteiger partial charge on any atom is -0.367 e. The van der Waals surface area contributed by atoms with Crippen LogP contribution in [0.3, 0.4) is 0 Å². The van der Waals surface area contributed by atoms with Crippen LogP contribution in [0.5, 0.6) is 0 Å². The summed E-state index contributed by atoms with van der Waals surface area (Å²) >= 11 is 1.77. The van der Waals surface area contributed by atoms with Crippen molar-refractivity contribution < 1.29 is 4.79 Å². The summed E-state index contributed by atoms with van der Waals surface area (Å²) in [5.74, 6) is 1.32. The van der Waals surface area contributed by atoms with E-state index in [2.05, 4.69) is 10.3 Å². The van der Waals surface area contributed by atoms with E-state index >= 15 is 0 Å². The summed E-state index contributed by atoms with van der Waals surface area (Å²) in [6.07, 6.45) is 5.98. The molecule has 0 aliphatic carbocycles. The van der Waals surface area contributed by atoms with Gasteiger partial charge in [0.05, 0.1) is 5.25 Å². The molecule has 0 radical (unpaired) electrons. The first-order chi connectivity index (χ1) is 6.86. The number of thioether (sulfide) groups is 1. The smallest absolute Gasteiger partial charge is 0.233 e. The first-order valence-corrected chi connectivity index (χ1v) is 5.92. The molecule has 1 aromatic heterocycles. The third kappa shape index (κ3) is 2.32. The third-order valence-electron chi connectivity index (χ3n) is 2.35. The molecule has 1 unspecified atom stereocenters. The van der Waals surface area contributed by atoms with E-state index in [9.17, 15) is 4.79 Å². The molecule has 2 rings (SSSR count). The minimum atomic E-state index is 0.189. The van der Waals surface area contributed by atoms with E-state index in [4.69, 9.17) is 0 Å². The third-order valence-corrected chi connectivity index (χ3v) is 3.73. The fourth-order valence-electron chi connectivity index (χ4n) is 1.56. The normalized spacial score (nSPS) is 21.0. The van der Waals surface area contributed by atoms with Gasteiger partial charge in [-0.1, -0.05) is 0 Å². The van der Waals surface area contributed by atoms with Gasteiger partial charge in [-0.25, -0.2) is 0 Å². The molecule has 1 fully saturated rings. The Hall–Kier alpha value is -0.900. The Balaban J connectivity index is 1.77. The lowest BCUT2D eigenvalue weighted by Gasteiger charge is -2.08. The monoisotopic (exact) mass is 210 g/mol. The zero-order valence-corrected chi connectivity index (χ0v) is 8.77. The summed E-state index contributed by atoms with van der Waals surface area (Å²) in [7, 11) is 0. The van der Waals surface area contributed by atoms with Crippen molar-refractivity contribution in [2.75, 3.05) is 5.75 Å². The van der Waals surface area contributed by atoms with Crippen LogP contribution < -0.4 is 5.32 Å². The molecule has 14 heavy (non-hydrogen) atoms. The second-order valence-electron chi connectivity index (χ2n) is 3.44. The van der Waals surface area contributed by atoms with E-state index in [-0.39, 0.29) is 11.2 Å². The Morgan fingerprint density at radius 3 is 3.29 bits per heavy atom. The second-order valence-corrected chi connectivity index (χ2v) is 4.75. The lowest BCUT2D eigenvalue weighted by molar-refractivity contribution is -0.120. The van der Waals surface area contributed by atoms with Crippen LogP contribution in [0.1, 0.15) is 18.4 Å². The van der Waals surface area contributed by atoms with Crippen LogP contribution in [0.15, 0.2) is 18.5 Å². The number of H-pyrrole nitrogens is 1. The van der Waals surface area contributed by atoms with Gasteiger partial charge in [0.2, 0.25) is 5.91 Å². The summed E-state index contributed by atoms with van der Waals surface area (Å²) < 4.78 is 0. The van der Waals surface area contributed by atoms with Gasteiger partial charge in [0.15, 0.2) is 0 Å². The SMILES string of the molecule is O=C(NCc1cc[nH]c1)C1CCCS1. The van der Waals surface area contributed by atoms with Crippen LogP contribution in [-0.2, 0) is 11.3 Å². The molecule has 4 heteroatoms. The molecule has 1 atom stereocenters. The quantitative estimate of drug-likeness (QED) is 0.794. The molecule has 1 amide bonds. The molecular formula is C10H14N2OS. The maximum Gasteiger partial charge on any atom is 0.233 e. The molecule has 0 aromatic carbocycles. The molecular weight excluding hydrogens is 196 g/mol. The zero-order valence-electron chi connectivity index (χ0n) is 7.95. The summed E-state index contributed by atoms with van der Waals surface area (Å²) in [4.78, 5) is 14.6. The van der Waals surface area contributed by atoms with Crippen LogP contribution in [0, 0.1) is 0 Å². The first kappa shape index (κ1) is 9.65. The van der Waals surface area contributed by atoms with Crippen LogP contribution >= 0.6 is 11.8 Å². The molecule has 1 aromatic rings. The van der Waals surface area contributed by atoms with E-state index in [1.807, 2.05) is 18.5 Å². The number of carbonyl (C=O) groups is 1. The van der Waals surface area contributed by atoms with Crippen LogP contribution in [0.4, 0.5) is 0 Å². The Morgan fingerprint density at radius 1 is 1.71 bits per heavy atom. The largest absolute Gasteiger partial charge is 0.367 e. The maximum atomic E-state index is 11.6. The number of carbonyl (C=O) groups excluding carboxylic acids is 1. The van der Waals surface area contributed by atoms with Crippen molar-refractivity contribution in [3.05, 3.63) is 24.0 Å². The van der Waals surface area contributed by atoms with Crippen molar-refractivity contribution in [3.8, 4) is 0 Å². The highest BCUT2D eigenvalue weighted by Gasteiger charge is 2.22. The van der Waals surface area contributed by atoms with Gasteiger partial charge in [-0.15, -0.1) is 11.8 Å². The van der Waals surface area contributed by atoms with Crippen molar-refractivity contribution in [1.29, 1.82) is 0 Å².